The summed E-state index contributed by atoms with van der Waals surface area (Å²) in [4.78, 5) is 5.78. The van der Waals surface area contributed by atoms with Gasteiger partial charge in [0, 0.05) is 10.4 Å². The van der Waals surface area contributed by atoms with Gasteiger partial charge in [0.1, 0.15) is 0 Å². The summed E-state index contributed by atoms with van der Waals surface area (Å²) in [5, 5.41) is 0.393. The van der Waals surface area contributed by atoms with E-state index in [0.29, 0.717) is 5.13 Å². The van der Waals surface area contributed by atoms with Gasteiger partial charge in [-0.1, -0.05) is 55.5 Å². The average Bonchev–Trinajstić information content (AvgIpc) is 2.98. The van der Waals surface area contributed by atoms with Crippen LogP contribution in [0.1, 0.15) is 11.8 Å². The minimum atomic E-state index is -3.61. The van der Waals surface area contributed by atoms with Crippen molar-refractivity contribution >= 4 is 26.5 Å². The lowest BCUT2D eigenvalue weighted by Crippen LogP contribution is -2.12. The Balaban J connectivity index is 1.95. The molecule has 0 spiro atoms. The number of anilines is 1. The van der Waals surface area contributed by atoms with E-state index in [9.17, 15) is 8.42 Å². The Morgan fingerprint density at radius 1 is 1.00 bits per heavy atom. The van der Waals surface area contributed by atoms with Gasteiger partial charge < -0.3 is 0 Å². The fourth-order valence-corrected chi connectivity index (χ4v) is 4.41. The Bertz CT molecular complexity index is 889. The molecular formula is C17H16N2O2S2. The van der Waals surface area contributed by atoms with E-state index in [0.717, 1.165) is 22.6 Å². The summed E-state index contributed by atoms with van der Waals surface area (Å²) in [5.74, 6) is 0. The predicted octanol–water partition coefficient (Wildman–Crippen LogP) is 4.17. The molecule has 0 aliphatic rings. The number of aryl methyl sites for hydroxylation is 1. The van der Waals surface area contributed by atoms with E-state index < -0.39 is 10.0 Å². The van der Waals surface area contributed by atoms with Crippen LogP contribution in [0.3, 0.4) is 0 Å². The quantitative estimate of drug-likeness (QED) is 0.755. The third-order valence-corrected chi connectivity index (χ3v) is 5.94. The number of benzene rings is 2. The molecule has 6 heteroatoms. The van der Waals surface area contributed by atoms with E-state index in [-0.39, 0.29) is 4.90 Å². The number of thiazole rings is 1. The average molecular weight is 344 g/mol. The maximum Gasteiger partial charge on any atom is 0.263 e. The Kier molecular flexibility index (Phi) is 4.45. The predicted molar refractivity (Wildman–Crippen MR) is 94.2 cm³/mol. The largest absolute Gasteiger partial charge is 0.263 e. The highest BCUT2D eigenvalue weighted by atomic mass is 32.2. The highest BCUT2D eigenvalue weighted by Gasteiger charge is 2.18. The number of sulfonamides is 1. The number of hydrogen-bond donors (Lipinski definition) is 1. The molecule has 23 heavy (non-hydrogen) atoms. The second-order valence-electron chi connectivity index (χ2n) is 4.93. The van der Waals surface area contributed by atoms with Crippen molar-refractivity contribution in [3.8, 4) is 11.3 Å². The molecule has 0 amide bonds. The van der Waals surface area contributed by atoms with E-state index in [4.69, 9.17) is 0 Å². The third kappa shape index (κ3) is 3.43. The minimum absolute atomic E-state index is 0.231. The van der Waals surface area contributed by atoms with Crippen LogP contribution in [-0.4, -0.2) is 13.4 Å². The first-order valence-electron chi connectivity index (χ1n) is 7.23. The smallest absolute Gasteiger partial charge is 0.255 e. The van der Waals surface area contributed by atoms with E-state index in [2.05, 4.69) is 9.71 Å². The molecule has 0 saturated carbocycles. The van der Waals surface area contributed by atoms with Gasteiger partial charge in [-0.25, -0.2) is 13.4 Å². The summed E-state index contributed by atoms with van der Waals surface area (Å²) in [6, 6.07) is 18.1. The molecule has 1 aromatic heterocycles. The molecule has 1 heterocycles. The van der Waals surface area contributed by atoms with Gasteiger partial charge in [-0.05, 0) is 18.6 Å². The van der Waals surface area contributed by atoms with Gasteiger partial charge in [0.05, 0.1) is 10.6 Å². The fraction of sp³-hybridized carbons (Fsp3) is 0.118. The SMILES string of the molecule is CCc1sc(NS(=O)(=O)c2ccccc2)nc1-c1ccccc1. The van der Waals surface area contributed by atoms with E-state index >= 15 is 0 Å². The van der Waals surface area contributed by atoms with Crippen molar-refractivity contribution in [2.24, 2.45) is 0 Å². The molecular weight excluding hydrogens is 328 g/mol. The Morgan fingerprint density at radius 3 is 2.22 bits per heavy atom. The van der Waals surface area contributed by atoms with Gasteiger partial charge in [-0.2, -0.15) is 0 Å². The summed E-state index contributed by atoms with van der Waals surface area (Å²) >= 11 is 1.37. The van der Waals surface area contributed by atoms with E-state index in [1.165, 1.54) is 11.3 Å². The van der Waals surface area contributed by atoms with Gasteiger partial charge in [-0.3, -0.25) is 4.72 Å². The zero-order valence-corrected chi connectivity index (χ0v) is 14.2. The zero-order chi connectivity index (χ0) is 16.3. The van der Waals surface area contributed by atoms with Crippen LogP contribution in [0.4, 0.5) is 5.13 Å². The molecule has 0 aliphatic carbocycles. The molecule has 0 saturated heterocycles. The number of nitrogens with one attached hydrogen (secondary N) is 1. The van der Waals surface area contributed by atoms with Gasteiger partial charge in [0.2, 0.25) is 0 Å². The van der Waals surface area contributed by atoms with Gasteiger partial charge in [-0.15, -0.1) is 11.3 Å². The molecule has 0 radical (unpaired) electrons. The van der Waals surface area contributed by atoms with Crippen molar-refractivity contribution in [2.75, 3.05) is 4.72 Å². The van der Waals surface area contributed by atoms with Crippen LogP contribution in [0.15, 0.2) is 65.6 Å². The summed E-state index contributed by atoms with van der Waals surface area (Å²) in [6.07, 6.45) is 0.801. The molecule has 0 aliphatic heterocycles. The molecule has 2 aromatic carbocycles. The van der Waals surface area contributed by atoms with Crippen molar-refractivity contribution < 1.29 is 8.42 Å². The minimum Gasteiger partial charge on any atom is -0.255 e. The standard InChI is InChI=1S/C17H16N2O2S2/c1-2-15-16(13-9-5-3-6-10-13)18-17(22-15)19-23(20,21)14-11-7-4-8-12-14/h3-12H,2H2,1H3,(H,18,19). The first kappa shape index (κ1) is 15.7. The summed E-state index contributed by atoms with van der Waals surface area (Å²) in [6.45, 7) is 2.04. The first-order chi connectivity index (χ1) is 11.1. The van der Waals surface area contributed by atoms with Crippen LogP contribution in [0.25, 0.3) is 11.3 Å². The molecule has 0 atom stereocenters. The molecule has 4 nitrogen and oxygen atoms in total. The maximum atomic E-state index is 12.4. The van der Waals surface area contributed by atoms with Crippen molar-refractivity contribution in [3.63, 3.8) is 0 Å². The van der Waals surface area contributed by atoms with E-state index in [1.807, 2.05) is 37.3 Å². The zero-order valence-electron chi connectivity index (χ0n) is 12.6. The highest BCUT2D eigenvalue weighted by Crippen LogP contribution is 2.32. The van der Waals surface area contributed by atoms with Crippen LogP contribution in [0.5, 0.6) is 0 Å². The lowest BCUT2D eigenvalue weighted by atomic mass is 10.1. The van der Waals surface area contributed by atoms with Crippen molar-refractivity contribution in [2.45, 2.75) is 18.2 Å². The fourth-order valence-electron chi connectivity index (χ4n) is 2.23. The number of rotatable bonds is 5. The molecule has 118 valence electrons. The Labute approximate surface area is 139 Å². The monoisotopic (exact) mass is 344 g/mol. The number of hydrogen-bond acceptors (Lipinski definition) is 4. The van der Waals surface area contributed by atoms with Crippen LogP contribution in [0.2, 0.25) is 0 Å². The molecule has 3 rings (SSSR count). The first-order valence-corrected chi connectivity index (χ1v) is 9.53. The second kappa shape index (κ2) is 6.52. The lowest BCUT2D eigenvalue weighted by Gasteiger charge is -2.04. The van der Waals surface area contributed by atoms with Gasteiger partial charge in [0.25, 0.3) is 10.0 Å². The molecule has 1 N–H and O–H groups in total. The lowest BCUT2D eigenvalue weighted by molar-refractivity contribution is 0.601. The molecule has 0 fully saturated rings. The van der Waals surface area contributed by atoms with Crippen molar-refractivity contribution in [1.82, 2.24) is 4.98 Å². The van der Waals surface area contributed by atoms with Gasteiger partial charge >= 0.3 is 0 Å². The topological polar surface area (TPSA) is 59.1 Å². The molecule has 3 aromatic rings. The number of aromatic nitrogens is 1. The summed E-state index contributed by atoms with van der Waals surface area (Å²) in [5.41, 5.74) is 1.83. The van der Waals surface area contributed by atoms with Crippen molar-refractivity contribution in [3.05, 3.63) is 65.5 Å². The summed E-state index contributed by atoms with van der Waals surface area (Å²) in [7, 11) is -3.61. The van der Waals surface area contributed by atoms with Crippen LogP contribution in [-0.2, 0) is 16.4 Å². The van der Waals surface area contributed by atoms with Crippen molar-refractivity contribution in [1.29, 1.82) is 0 Å². The third-order valence-electron chi connectivity index (χ3n) is 3.34. The normalized spacial score (nSPS) is 11.3. The second-order valence-corrected chi connectivity index (χ2v) is 7.69. The Morgan fingerprint density at radius 2 is 1.61 bits per heavy atom. The Hall–Kier alpha value is -2.18. The van der Waals surface area contributed by atoms with Crippen LogP contribution >= 0.6 is 11.3 Å². The van der Waals surface area contributed by atoms with Crippen LogP contribution < -0.4 is 4.72 Å². The number of nitrogens with zero attached hydrogens (tertiary/aromatic N) is 1. The van der Waals surface area contributed by atoms with Crippen LogP contribution in [0, 0.1) is 0 Å². The molecule has 0 unspecified atom stereocenters. The highest BCUT2D eigenvalue weighted by molar-refractivity contribution is 7.93. The maximum absolute atomic E-state index is 12.4. The molecule has 0 bridgehead atoms. The summed E-state index contributed by atoms with van der Waals surface area (Å²) < 4.78 is 27.4. The van der Waals surface area contributed by atoms with Gasteiger partial charge in [0.15, 0.2) is 5.13 Å². The van der Waals surface area contributed by atoms with E-state index in [1.54, 1.807) is 30.3 Å².